The van der Waals surface area contributed by atoms with Crippen LogP contribution in [-0.2, 0) is 22.9 Å². The third-order valence-corrected chi connectivity index (χ3v) is 8.45. The average molecular weight is 383 g/mol. The SMILES string of the molecule is NC12CCC(Cc3ccccc3C1)C2NS(=O)(=O)c1ccc(Cl)s1. The number of thiophene rings is 1. The second kappa shape index (κ2) is 5.81. The largest absolute Gasteiger partial charge is 0.323 e. The number of benzene rings is 1. The van der Waals surface area contributed by atoms with Gasteiger partial charge in [0, 0.05) is 11.6 Å². The van der Waals surface area contributed by atoms with Crippen molar-refractivity contribution in [2.24, 2.45) is 11.7 Å². The molecule has 0 spiro atoms. The number of hydrogen-bond acceptors (Lipinski definition) is 4. The van der Waals surface area contributed by atoms with Crippen molar-refractivity contribution >= 4 is 33.0 Å². The number of fused-ring (bicyclic) bond motifs is 3. The van der Waals surface area contributed by atoms with Crippen LogP contribution in [0.4, 0.5) is 0 Å². The van der Waals surface area contributed by atoms with Crippen LogP contribution in [0.1, 0.15) is 24.0 Å². The standard InChI is InChI=1S/C17H19ClN2O2S2/c18-14-5-6-15(23-14)24(21,22)20-16-12-7-8-17(16,19)10-13-4-2-1-3-11(13)9-12/h1-6,12,16,20H,7-10,19H2. The van der Waals surface area contributed by atoms with Crippen LogP contribution in [0.5, 0.6) is 0 Å². The third-order valence-electron chi connectivity index (χ3n) is 5.29. The summed E-state index contributed by atoms with van der Waals surface area (Å²) >= 11 is 6.97. The van der Waals surface area contributed by atoms with Gasteiger partial charge < -0.3 is 5.73 Å². The van der Waals surface area contributed by atoms with E-state index in [1.165, 1.54) is 11.1 Å². The van der Waals surface area contributed by atoms with Crippen LogP contribution >= 0.6 is 22.9 Å². The van der Waals surface area contributed by atoms with Gasteiger partial charge in [-0.2, -0.15) is 0 Å². The minimum atomic E-state index is -3.60. The first kappa shape index (κ1) is 16.5. The van der Waals surface area contributed by atoms with Crippen LogP contribution in [0.15, 0.2) is 40.6 Å². The van der Waals surface area contributed by atoms with Gasteiger partial charge in [-0.15, -0.1) is 11.3 Å². The van der Waals surface area contributed by atoms with Gasteiger partial charge in [0.2, 0.25) is 10.0 Å². The fourth-order valence-electron chi connectivity index (χ4n) is 4.11. The summed E-state index contributed by atoms with van der Waals surface area (Å²) in [6.07, 6.45) is 3.36. The number of halogens is 1. The second-order valence-electron chi connectivity index (χ2n) is 6.84. The lowest BCUT2D eigenvalue weighted by Gasteiger charge is -2.32. The van der Waals surface area contributed by atoms with E-state index in [4.69, 9.17) is 17.3 Å². The molecule has 2 aliphatic carbocycles. The lowest BCUT2D eigenvalue weighted by Crippen LogP contribution is -2.57. The molecule has 1 aromatic heterocycles. The first-order valence-electron chi connectivity index (χ1n) is 8.01. The molecule has 7 heteroatoms. The number of nitrogens with one attached hydrogen (secondary N) is 1. The summed E-state index contributed by atoms with van der Waals surface area (Å²) in [4.78, 5) is 0. The van der Waals surface area contributed by atoms with Crippen LogP contribution in [-0.4, -0.2) is 20.0 Å². The first-order chi connectivity index (χ1) is 11.4. The molecular weight excluding hydrogens is 364 g/mol. The summed E-state index contributed by atoms with van der Waals surface area (Å²) in [6.45, 7) is 0. The van der Waals surface area contributed by atoms with E-state index in [0.717, 1.165) is 30.6 Å². The lowest BCUT2D eigenvalue weighted by molar-refractivity contribution is 0.333. The molecular formula is C17H19ClN2O2S2. The fourth-order valence-corrected chi connectivity index (χ4v) is 7.00. The predicted molar refractivity (Wildman–Crippen MR) is 96.9 cm³/mol. The smallest absolute Gasteiger partial charge is 0.250 e. The maximum atomic E-state index is 12.7. The Hall–Kier alpha value is -0.920. The van der Waals surface area contributed by atoms with E-state index in [2.05, 4.69) is 16.9 Å². The number of sulfonamides is 1. The van der Waals surface area contributed by atoms with Crippen molar-refractivity contribution < 1.29 is 8.42 Å². The van der Waals surface area contributed by atoms with Crippen molar-refractivity contribution in [2.75, 3.05) is 0 Å². The Labute approximate surface area is 151 Å². The Bertz CT molecular complexity index is 880. The molecule has 3 unspecified atom stereocenters. The van der Waals surface area contributed by atoms with E-state index in [1.807, 2.05) is 12.1 Å². The van der Waals surface area contributed by atoms with E-state index in [-0.39, 0.29) is 16.2 Å². The van der Waals surface area contributed by atoms with Crippen molar-refractivity contribution in [3.63, 3.8) is 0 Å². The second-order valence-corrected chi connectivity index (χ2v) is 10.5. The quantitative estimate of drug-likeness (QED) is 0.857. The average Bonchev–Trinajstić information content (AvgIpc) is 3.04. The van der Waals surface area contributed by atoms with Gasteiger partial charge in [-0.05, 0) is 54.9 Å². The molecule has 24 heavy (non-hydrogen) atoms. The predicted octanol–water partition coefficient (Wildman–Crippen LogP) is 2.95. The van der Waals surface area contributed by atoms with E-state index in [9.17, 15) is 8.42 Å². The molecule has 3 N–H and O–H groups in total. The highest BCUT2D eigenvalue weighted by molar-refractivity contribution is 7.91. The van der Waals surface area contributed by atoms with Gasteiger partial charge in [0.15, 0.2) is 0 Å². The van der Waals surface area contributed by atoms with E-state index in [1.54, 1.807) is 12.1 Å². The van der Waals surface area contributed by atoms with Crippen molar-refractivity contribution in [3.05, 3.63) is 51.9 Å². The fraction of sp³-hybridized carbons (Fsp3) is 0.412. The molecule has 1 fully saturated rings. The zero-order valence-corrected chi connectivity index (χ0v) is 15.4. The van der Waals surface area contributed by atoms with Gasteiger partial charge in [-0.1, -0.05) is 35.9 Å². The third kappa shape index (κ3) is 2.80. The summed E-state index contributed by atoms with van der Waals surface area (Å²) < 4.78 is 29.1. The zero-order chi connectivity index (χ0) is 16.9. The molecule has 1 saturated carbocycles. The first-order valence-corrected chi connectivity index (χ1v) is 10.7. The van der Waals surface area contributed by atoms with Gasteiger partial charge in [-0.3, -0.25) is 0 Å². The van der Waals surface area contributed by atoms with Crippen LogP contribution < -0.4 is 10.5 Å². The Morgan fingerprint density at radius 2 is 1.96 bits per heavy atom. The van der Waals surface area contributed by atoms with E-state index < -0.39 is 15.6 Å². The van der Waals surface area contributed by atoms with Crippen molar-refractivity contribution in [2.45, 2.75) is 41.5 Å². The van der Waals surface area contributed by atoms with Gasteiger partial charge in [0.25, 0.3) is 0 Å². The molecule has 2 bridgehead atoms. The topological polar surface area (TPSA) is 72.2 Å². The Morgan fingerprint density at radius 1 is 1.21 bits per heavy atom. The highest BCUT2D eigenvalue weighted by Gasteiger charge is 2.49. The van der Waals surface area contributed by atoms with Gasteiger partial charge in [-0.25, -0.2) is 13.1 Å². The molecule has 1 heterocycles. The molecule has 4 rings (SSSR count). The molecule has 0 radical (unpaired) electrons. The van der Waals surface area contributed by atoms with Gasteiger partial charge in [0.1, 0.15) is 4.21 Å². The number of nitrogens with two attached hydrogens (primary N) is 1. The van der Waals surface area contributed by atoms with E-state index in [0.29, 0.717) is 10.8 Å². The summed E-state index contributed by atoms with van der Waals surface area (Å²) in [6, 6.07) is 11.2. The molecule has 2 aliphatic rings. The maximum Gasteiger partial charge on any atom is 0.250 e. The minimum absolute atomic E-state index is 0.226. The number of hydrogen-bond donors (Lipinski definition) is 2. The van der Waals surface area contributed by atoms with Crippen molar-refractivity contribution in [1.29, 1.82) is 0 Å². The highest BCUT2D eigenvalue weighted by Crippen LogP contribution is 2.42. The molecule has 3 atom stereocenters. The monoisotopic (exact) mass is 382 g/mol. The van der Waals surface area contributed by atoms with Crippen LogP contribution in [0.3, 0.4) is 0 Å². The maximum absolute atomic E-state index is 12.7. The Kier molecular flexibility index (Phi) is 4.01. The molecule has 1 aromatic carbocycles. The summed E-state index contributed by atoms with van der Waals surface area (Å²) in [7, 11) is -3.60. The van der Waals surface area contributed by atoms with Crippen LogP contribution in [0.25, 0.3) is 0 Å². The Morgan fingerprint density at radius 3 is 2.67 bits per heavy atom. The lowest BCUT2D eigenvalue weighted by atomic mass is 9.87. The normalized spacial score (nSPS) is 29.2. The van der Waals surface area contributed by atoms with Gasteiger partial charge in [0.05, 0.1) is 4.34 Å². The summed E-state index contributed by atoms with van der Waals surface area (Å²) in [5, 5.41) is 0. The summed E-state index contributed by atoms with van der Waals surface area (Å²) in [5.41, 5.74) is 8.69. The Balaban J connectivity index is 1.67. The highest BCUT2D eigenvalue weighted by atomic mass is 35.5. The summed E-state index contributed by atoms with van der Waals surface area (Å²) in [5.74, 6) is 0.226. The number of rotatable bonds is 3. The molecule has 0 amide bonds. The molecule has 0 aliphatic heterocycles. The van der Waals surface area contributed by atoms with Crippen molar-refractivity contribution in [1.82, 2.24) is 4.72 Å². The van der Waals surface area contributed by atoms with Crippen molar-refractivity contribution in [3.8, 4) is 0 Å². The van der Waals surface area contributed by atoms with Gasteiger partial charge >= 0.3 is 0 Å². The molecule has 0 saturated heterocycles. The van der Waals surface area contributed by atoms with Crippen LogP contribution in [0.2, 0.25) is 4.34 Å². The molecule has 2 aromatic rings. The molecule has 128 valence electrons. The minimum Gasteiger partial charge on any atom is -0.323 e. The zero-order valence-electron chi connectivity index (χ0n) is 13.0. The molecule has 4 nitrogen and oxygen atoms in total. The van der Waals surface area contributed by atoms with Crippen LogP contribution in [0, 0.1) is 5.92 Å². The van der Waals surface area contributed by atoms with E-state index >= 15 is 0 Å².